The number of carbonyl (C=O) groups is 1. The van der Waals surface area contributed by atoms with Gasteiger partial charge in [-0.2, -0.15) is 13.2 Å². The van der Waals surface area contributed by atoms with Crippen LogP contribution in [0.5, 0.6) is 0 Å². The monoisotopic (exact) mass is 347 g/mol. The van der Waals surface area contributed by atoms with E-state index in [1.807, 2.05) is 0 Å². The van der Waals surface area contributed by atoms with Gasteiger partial charge in [0.2, 0.25) is 0 Å². The number of rotatable bonds is 3. The van der Waals surface area contributed by atoms with Crippen LogP contribution in [-0.4, -0.2) is 30.3 Å². The Morgan fingerprint density at radius 2 is 1.96 bits per heavy atom. The maximum absolute atomic E-state index is 12.4. The number of hydrogen-bond donors (Lipinski definition) is 3. The van der Waals surface area contributed by atoms with Crippen LogP contribution in [0.2, 0.25) is 0 Å². The van der Waals surface area contributed by atoms with Crippen molar-refractivity contribution in [3.05, 3.63) is 35.4 Å². The number of ether oxygens (including phenoxy) is 1. The lowest BCUT2D eigenvalue weighted by atomic mass is 10.1. The third kappa shape index (κ3) is 5.36. The minimum absolute atomic E-state index is 0.0902. The van der Waals surface area contributed by atoms with Crippen LogP contribution in [0.4, 0.5) is 13.2 Å². The molecule has 0 spiro atoms. The summed E-state index contributed by atoms with van der Waals surface area (Å²) >= 11 is 4.99. The zero-order chi connectivity index (χ0) is 16.9. The molecule has 0 bridgehead atoms. The lowest BCUT2D eigenvalue weighted by Gasteiger charge is -2.14. The Bertz CT molecular complexity index is 557. The molecule has 1 aromatic carbocycles. The van der Waals surface area contributed by atoms with Gasteiger partial charge in [-0.3, -0.25) is 15.6 Å². The van der Waals surface area contributed by atoms with Crippen molar-refractivity contribution in [3.8, 4) is 0 Å². The average Bonchev–Trinajstić information content (AvgIpc) is 3.03. The van der Waals surface area contributed by atoms with E-state index in [1.165, 1.54) is 0 Å². The van der Waals surface area contributed by atoms with Crippen molar-refractivity contribution in [2.45, 2.75) is 25.1 Å². The molecule has 0 radical (unpaired) electrons. The molecule has 1 atom stereocenters. The third-order valence-corrected chi connectivity index (χ3v) is 3.52. The number of halogens is 3. The molecule has 9 heteroatoms. The van der Waals surface area contributed by atoms with E-state index >= 15 is 0 Å². The SMILES string of the molecule is O=C(NNC(=S)NCC1CCCO1)c1ccc(C(F)(F)F)cc1. The molecule has 1 aliphatic rings. The van der Waals surface area contributed by atoms with Crippen molar-refractivity contribution in [1.29, 1.82) is 0 Å². The van der Waals surface area contributed by atoms with E-state index in [-0.39, 0.29) is 16.8 Å². The summed E-state index contributed by atoms with van der Waals surface area (Å²) in [5.74, 6) is -0.583. The van der Waals surface area contributed by atoms with E-state index in [1.54, 1.807) is 0 Å². The third-order valence-electron chi connectivity index (χ3n) is 3.28. The summed E-state index contributed by atoms with van der Waals surface area (Å²) in [5.41, 5.74) is 4.09. The van der Waals surface area contributed by atoms with Crippen molar-refractivity contribution in [2.75, 3.05) is 13.2 Å². The van der Waals surface area contributed by atoms with Gasteiger partial charge in [0.1, 0.15) is 0 Å². The van der Waals surface area contributed by atoms with Gasteiger partial charge in [0.05, 0.1) is 11.7 Å². The van der Waals surface area contributed by atoms with E-state index in [2.05, 4.69) is 16.2 Å². The van der Waals surface area contributed by atoms with Gasteiger partial charge in [0, 0.05) is 18.7 Å². The number of nitrogens with one attached hydrogen (secondary N) is 3. The Kier molecular flexibility index (Phi) is 5.78. The Hall–Kier alpha value is -1.87. The van der Waals surface area contributed by atoms with Gasteiger partial charge in [0.15, 0.2) is 5.11 Å². The highest BCUT2D eigenvalue weighted by atomic mass is 32.1. The van der Waals surface area contributed by atoms with Gasteiger partial charge in [-0.15, -0.1) is 0 Å². The molecule has 1 saturated heterocycles. The van der Waals surface area contributed by atoms with Gasteiger partial charge < -0.3 is 10.1 Å². The van der Waals surface area contributed by atoms with Gasteiger partial charge in [-0.1, -0.05) is 0 Å². The summed E-state index contributed by atoms with van der Waals surface area (Å²) in [6.45, 7) is 1.26. The zero-order valence-corrected chi connectivity index (χ0v) is 12.9. The molecule has 0 aliphatic carbocycles. The molecule has 23 heavy (non-hydrogen) atoms. The van der Waals surface area contributed by atoms with Crippen LogP contribution < -0.4 is 16.2 Å². The molecule has 3 N–H and O–H groups in total. The molecule has 1 amide bonds. The molecule has 1 aliphatic heterocycles. The Morgan fingerprint density at radius 3 is 2.52 bits per heavy atom. The fourth-order valence-corrected chi connectivity index (χ4v) is 2.19. The average molecular weight is 347 g/mol. The highest BCUT2D eigenvalue weighted by Crippen LogP contribution is 2.28. The molecule has 126 valence electrons. The Morgan fingerprint density at radius 1 is 1.26 bits per heavy atom. The number of hydrogen-bond acceptors (Lipinski definition) is 3. The number of benzene rings is 1. The van der Waals surface area contributed by atoms with E-state index in [0.717, 1.165) is 43.7 Å². The number of carbonyl (C=O) groups excluding carboxylic acids is 1. The molecule has 2 rings (SSSR count). The van der Waals surface area contributed by atoms with Gasteiger partial charge in [0.25, 0.3) is 5.91 Å². The van der Waals surface area contributed by atoms with Crippen LogP contribution in [0.1, 0.15) is 28.8 Å². The molecule has 1 heterocycles. The van der Waals surface area contributed by atoms with Crippen LogP contribution in [0.3, 0.4) is 0 Å². The quantitative estimate of drug-likeness (QED) is 0.577. The summed E-state index contributed by atoms with van der Waals surface area (Å²) in [6.07, 6.45) is -2.37. The fraction of sp³-hybridized carbons (Fsp3) is 0.429. The fourth-order valence-electron chi connectivity index (χ4n) is 2.05. The lowest BCUT2D eigenvalue weighted by Crippen LogP contribution is -2.48. The molecule has 5 nitrogen and oxygen atoms in total. The number of thiocarbonyl (C=S) groups is 1. The minimum Gasteiger partial charge on any atom is -0.376 e. The molecule has 1 aromatic rings. The summed E-state index contributed by atoms with van der Waals surface area (Å²) in [4.78, 5) is 11.8. The standard InChI is InChI=1S/C14H16F3N3O2S/c15-14(16,17)10-5-3-9(4-6-10)12(21)19-20-13(23)18-8-11-2-1-7-22-11/h3-6,11H,1-2,7-8H2,(H,19,21)(H2,18,20,23). The number of alkyl halides is 3. The van der Waals surface area contributed by atoms with Crippen molar-refractivity contribution >= 4 is 23.2 Å². The summed E-state index contributed by atoms with van der Waals surface area (Å²) in [7, 11) is 0. The summed E-state index contributed by atoms with van der Waals surface area (Å²) in [6, 6.07) is 3.90. The van der Waals surface area contributed by atoms with Crippen molar-refractivity contribution in [3.63, 3.8) is 0 Å². The summed E-state index contributed by atoms with van der Waals surface area (Å²) in [5, 5.41) is 3.10. The van der Waals surface area contributed by atoms with Crippen LogP contribution in [0, 0.1) is 0 Å². The van der Waals surface area contributed by atoms with Gasteiger partial charge >= 0.3 is 6.18 Å². The highest BCUT2D eigenvalue weighted by molar-refractivity contribution is 7.80. The maximum Gasteiger partial charge on any atom is 0.416 e. The van der Waals surface area contributed by atoms with Gasteiger partial charge in [-0.05, 0) is 49.3 Å². The molecule has 1 fully saturated rings. The largest absolute Gasteiger partial charge is 0.416 e. The smallest absolute Gasteiger partial charge is 0.376 e. The van der Waals surface area contributed by atoms with E-state index in [9.17, 15) is 18.0 Å². The normalized spacial score (nSPS) is 17.6. The molecule has 0 saturated carbocycles. The van der Waals surface area contributed by atoms with Crippen molar-refractivity contribution in [2.24, 2.45) is 0 Å². The van der Waals surface area contributed by atoms with E-state index in [0.29, 0.717) is 6.54 Å². The van der Waals surface area contributed by atoms with E-state index < -0.39 is 17.6 Å². The first-order valence-corrected chi connectivity index (χ1v) is 7.40. The van der Waals surface area contributed by atoms with E-state index in [4.69, 9.17) is 17.0 Å². The molecular formula is C14H16F3N3O2S. The van der Waals surface area contributed by atoms with Crippen LogP contribution in [0.15, 0.2) is 24.3 Å². The minimum atomic E-state index is -4.43. The van der Waals surface area contributed by atoms with Crippen LogP contribution in [-0.2, 0) is 10.9 Å². The topological polar surface area (TPSA) is 62.4 Å². The van der Waals surface area contributed by atoms with Crippen LogP contribution >= 0.6 is 12.2 Å². The van der Waals surface area contributed by atoms with Crippen molar-refractivity contribution < 1.29 is 22.7 Å². The van der Waals surface area contributed by atoms with Gasteiger partial charge in [-0.25, -0.2) is 0 Å². The first kappa shape index (κ1) is 17.5. The second-order valence-electron chi connectivity index (χ2n) is 5.00. The number of hydrazine groups is 1. The Balaban J connectivity index is 1.76. The molecule has 1 unspecified atom stereocenters. The maximum atomic E-state index is 12.4. The first-order chi connectivity index (χ1) is 10.9. The lowest BCUT2D eigenvalue weighted by molar-refractivity contribution is -0.137. The molecular weight excluding hydrogens is 331 g/mol. The van der Waals surface area contributed by atoms with Crippen LogP contribution in [0.25, 0.3) is 0 Å². The predicted octanol–water partition coefficient (Wildman–Crippen LogP) is 1.99. The predicted molar refractivity (Wildman–Crippen MR) is 81.6 cm³/mol. The first-order valence-electron chi connectivity index (χ1n) is 6.99. The second kappa shape index (κ2) is 7.60. The highest BCUT2D eigenvalue weighted by Gasteiger charge is 2.30. The number of amides is 1. The summed E-state index contributed by atoms with van der Waals surface area (Å²) < 4.78 is 42.7. The molecule has 0 aromatic heterocycles. The van der Waals surface area contributed by atoms with Crippen molar-refractivity contribution in [1.82, 2.24) is 16.2 Å². The zero-order valence-electron chi connectivity index (χ0n) is 12.1. The second-order valence-corrected chi connectivity index (χ2v) is 5.41. The Labute approximate surface area is 136 Å².